The molecule has 0 aliphatic carbocycles. The van der Waals surface area contributed by atoms with E-state index in [0.29, 0.717) is 6.54 Å². The van der Waals surface area contributed by atoms with Crippen molar-refractivity contribution in [1.29, 1.82) is 0 Å². The van der Waals surface area contributed by atoms with E-state index in [9.17, 15) is 4.79 Å². The lowest BCUT2D eigenvalue weighted by Gasteiger charge is -2.15. The van der Waals surface area contributed by atoms with Crippen LogP contribution in [0.2, 0.25) is 0 Å². The van der Waals surface area contributed by atoms with Gasteiger partial charge in [-0.1, -0.05) is 36.4 Å². The number of aromatic nitrogens is 2. The quantitative estimate of drug-likeness (QED) is 0.758. The molecule has 0 radical (unpaired) electrons. The number of ether oxygens (including phenoxy) is 1. The molecule has 0 aliphatic rings. The first-order valence-corrected chi connectivity index (χ1v) is 7.90. The second-order valence-corrected chi connectivity index (χ2v) is 5.83. The van der Waals surface area contributed by atoms with Crippen molar-refractivity contribution in [2.45, 2.75) is 26.5 Å². The lowest BCUT2D eigenvalue weighted by molar-refractivity contribution is -0.131. The number of amides is 1. The summed E-state index contributed by atoms with van der Waals surface area (Å²) in [6, 6.07) is 13.5. The van der Waals surface area contributed by atoms with Gasteiger partial charge < -0.3 is 15.0 Å². The van der Waals surface area contributed by atoms with Crippen LogP contribution in [0.5, 0.6) is 0 Å². The van der Waals surface area contributed by atoms with Gasteiger partial charge in [0.15, 0.2) is 6.10 Å². The average Bonchev–Trinajstić information content (AvgIpc) is 3.02. The molecule has 1 amide bonds. The van der Waals surface area contributed by atoms with Crippen molar-refractivity contribution < 1.29 is 9.53 Å². The highest BCUT2D eigenvalue weighted by atomic mass is 16.5. The maximum absolute atomic E-state index is 12.4. The summed E-state index contributed by atoms with van der Waals surface area (Å²) in [4.78, 5) is 20.2. The number of carbonyl (C=O) groups excluding carboxylic acids is 1. The first-order chi connectivity index (χ1) is 11.6. The molecule has 24 heavy (non-hydrogen) atoms. The Bertz CT molecular complexity index is 856. The monoisotopic (exact) mass is 323 g/mol. The molecule has 1 unspecified atom stereocenters. The smallest absolute Gasteiger partial charge is 0.254 e. The summed E-state index contributed by atoms with van der Waals surface area (Å²) in [5, 5.41) is 2.89. The fourth-order valence-electron chi connectivity index (χ4n) is 2.73. The highest BCUT2D eigenvalue weighted by molar-refractivity contribution is 5.82. The molecule has 2 N–H and O–H groups in total. The maximum atomic E-state index is 12.4. The lowest BCUT2D eigenvalue weighted by atomic mass is 10.1. The second-order valence-electron chi connectivity index (χ2n) is 5.83. The number of imidazole rings is 1. The van der Waals surface area contributed by atoms with E-state index >= 15 is 0 Å². The van der Waals surface area contributed by atoms with Gasteiger partial charge in [-0.15, -0.1) is 0 Å². The number of fused-ring (bicyclic) bond motifs is 1. The van der Waals surface area contributed by atoms with Crippen molar-refractivity contribution in [1.82, 2.24) is 15.3 Å². The van der Waals surface area contributed by atoms with Crippen molar-refractivity contribution in [3.05, 3.63) is 65.0 Å². The molecule has 2 aromatic carbocycles. The fraction of sp³-hybridized carbons (Fsp3) is 0.263. The van der Waals surface area contributed by atoms with E-state index in [0.717, 1.165) is 28.0 Å². The van der Waals surface area contributed by atoms with Gasteiger partial charge in [0, 0.05) is 7.11 Å². The van der Waals surface area contributed by atoms with E-state index < -0.39 is 6.10 Å². The summed E-state index contributed by atoms with van der Waals surface area (Å²) < 4.78 is 5.34. The third kappa shape index (κ3) is 3.16. The van der Waals surface area contributed by atoms with Gasteiger partial charge in [-0.2, -0.15) is 0 Å². The molecular formula is C19H21N3O2. The van der Waals surface area contributed by atoms with Gasteiger partial charge in [0.1, 0.15) is 5.82 Å². The van der Waals surface area contributed by atoms with Crippen LogP contribution in [0.3, 0.4) is 0 Å². The number of hydrogen-bond donors (Lipinski definition) is 2. The number of H-pyrrole nitrogens is 1. The Morgan fingerprint density at radius 2 is 1.96 bits per heavy atom. The number of hydrogen-bond acceptors (Lipinski definition) is 3. The largest absolute Gasteiger partial charge is 0.367 e. The Labute approximate surface area is 141 Å². The molecule has 0 fully saturated rings. The van der Waals surface area contributed by atoms with Gasteiger partial charge in [0.25, 0.3) is 5.91 Å². The normalized spacial score (nSPS) is 12.3. The minimum absolute atomic E-state index is 0.183. The van der Waals surface area contributed by atoms with Crippen LogP contribution in [-0.2, 0) is 16.1 Å². The molecule has 1 aromatic heterocycles. The molecule has 5 nitrogen and oxygen atoms in total. The zero-order chi connectivity index (χ0) is 17.1. The van der Waals surface area contributed by atoms with Crippen molar-refractivity contribution in [2.75, 3.05) is 7.11 Å². The van der Waals surface area contributed by atoms with Crippen LogP contribution in [0.15, 0.2) is 42.5 Å². The summed E-state index contributed by atoms with van der Waals surface area (Å²) >= 11 is 0. The third-order valence-corrected chi connectivity index (χ3v) is 4.23. The van der Waals surface area contributed by atoms with Crippen LogP contribution >= 0.6 is 0 Å². The molecule has 0 spiro atoms. The average molecular weight is 323 g/mol. The summed E-state index contributed by atoms with van der Waals surface area (Å²) in [5.41, 5.74) is 5.11. The standard InChI is InChI=1S/C19H21N3O2/c1-12-9-10-15-17(13(12)2)22-16(21-15)11-20-19(23)18(24-3)14-7-5-4-6-8-14/h4-10,18H,11H2,1-3H3,(H,20,23)(H,21,22). The van der Waals surface area contributed by atoms with Crippen LogP contribution in [0.4, 0.5) is 0 Å². The van der Waals surface area contributed by atoms with Crippen molar-refractivity contribution in [2.24, 2.45) is 0 Å². The van der Waals surface area contributed by atoms with Crippen LogP contribution in [0.1, 0.15) is 28.6 Å². The Morgan fingerprint density at radius 1 is 1.21 bits per heavy atom. The molecule has 0 bridgehead atoms. The number of nitrogens with zero attached hydrogens (tertiary/aromatic N) is 1. The molecular weight excluding hydrogens is 302 g/mol. The second kappa shape index (κ2) is 6.84. The van der Waals surface area contributed by atoms with E-state index in [4.69, 9.17) is 4.74 Å². The van der Waals surface area contributed by atoms with E-state index in [1.165, 1.54) is 12.7 Å². The van der Waals surface area contributed by atoms with Gasteiger partial charge in [0.2, 0.25) is 0 Å². The van der Waals surface area contributed by atoms with E-state index in [1.54, 1.807) is 0 Å². The molecule has 0 saturated heterocycles. The molecule has 5 heteroatoms. The molecule has 1 heterocycles. The molecule has 124 valence electrons. The zero-order valence-electron chi connectivity index (χ0n) is 14.1. The number of aromatic amines is 1. The van der Waals surface area contributed by atoms with Crippen LogP contribution < -0.4 is 5.32 Å². The maximum Gasteiger partial charge on any atom is 0.254 e. The summed E-state index contributed by atoms with van der Waals surface area (Å²) in [6.45, 7) is 4.45. The number of rotatable bonds is 5. The Hall–Kier alpha value is -2.66. The van der Waals surface area contributed by atoms with Gasteiger partial charge in [0.05, 0.1) is 17.6 Å². The zero-order valence-corrected chi connectivity index (χ0v) is 14.1. The minimum Gasteiger partial charge on any atom is -0.367 e. The predicted octanol–water partition coefficient (Wildman–Crippen LogP) is 3.18. The van der Waals surface area contributed by atoms with Gasteiger partial charge in [-0.3, -0.25) is 4.79 Å². The van der Waals surface area contributed by atoms with E-state index in [1.807, 2.05) is 36.4 Å². The Kier molecular flexibility index (Phi) is 4.62. The van der Waals surface area contributed by atoms with Crippen molar-refractivity contribution >= 4 is 16.9 Å². The van der Waals surface area contributed by atoms with E-state index in [-0.39, 0.29) is 5.91 Å². The van der Waals surface area contributed by atoms with E-state index in [2.05, 4.69) is 35.2 Å². The number of carbonyl (C=O) groups is 1. The summed E-state index contributed by atoms with van der Waals surface area (Å²) in [5.74, 6) is 0.548. The van der Waals surface area contributed by atoms with Gasteiger partial charge in [-0.25, -0.2) is 4.98 Å². The van der Waals surface area contributed by atoms with Crippen LogP contribution in [0.25, 0.3) is 11.0 Å². The summed E-state index contributed by atoms with van der Waals surface area (Å²) in [7, 11) is 1.53. The topological polar surface area (TPSA) is 67.0 Å². The fourth-order valence-corrected chi connectivity index (χ4v) is 2.73. The Balaban J connectivity index is 1.73. The number of benzene rings is 2. The van der Waals surface area contributed by atoms with Crippen LogP contribution in [-0.4, -0.2) is 23.0 Å². The van der Waals surface area contributed by atoms with Crippen molar-refractivity contribution in [3.63, 3.8) is 0 Å². The number of aryl methyl sites for hydroxylation is 2. The Morgan fingerprint density at radius 3 is 2.67 bits per heavy atom. The highest BCUT2D eigenvalue weighted by Gasteiger charge is 2.19. The number of nitrogens with one attached hydrogen (secondary N) is 2. The van der Waals surface area contributed by atoms with Gasteiger partial charge in [-0.05, 0) is 36.6 Å². The first-order valence-electron chi connectivity index (χ1n) is 7.90. The SMILES string of the molecule is COC(C(=O)NCc1nc2c(C)c(C)ccc2[nH]1)c1ccccc1. The lowest BCUT2D eigenvalue weighted by Crippen LogP contribution is -2.30. The molecule has 0 aliphatic heterocycles. The third-order valence-electron chi connectivity index (χ3n) is 4.23. The van der Waals surface area contributed by atoms with Crippen LogP contribution in [0, 0.1) is 13.8 Å². The minimum atomic E-state index is -0.625. The highest BCUT2D eigenvalue weighted by Crippen LogP contribution is 2.20. The molecule has 3 aromatic rings. The first kappa shape index (κ1) is 16.2. The predicted molar refractivity (Wildman–Crippen MR) is 93.6 cm³/mol. The summed E-state index contributed by atoms with van der Waals surface area (Å²) in [6.07, 6.45) is -0.625. The molecule has 3 rings (SSSR count). The van der Waals surface area contributed by atoms with Crippen molar-refractivity contribution in [3.8, 4) is 0 Å². The molecule has 1 atom stereocenters. The van der Waals surface area contributed by atoms with Gasteiger partial charge >= 0.3 is 0 Å². The number of methoxy groups -OCH3 is 1. The molecule has 0 saturated carbocycles.